The molecule has 0 spiro atoms. The molecule has 0 unspecified atom stereocenters. The highest BCUT2D eigenvalue weighted by Gasteiger charge is 2.32. The van der Waals surface area contributed by atoms with Gasteiger partial charge in [0.25, 0.3) is 5.91 Å². The summed E-state index contributed by atoms with van der Waals surface area (Å²) in [6.45, 7) is 0. The van der Waals surface area contributed by atoms with Crippen LogP contribution in [0.3, 0.4) is 0 Å². The van der Waals surface area contributed by atoms with Gasteiger partial charge in [-0.15, -0.1) is 0 Å². The Bertz CT molecular complexity index is 723. The first-order valence-electron chi connectivity index (χ1n) is 6.12. The molecule has 1 amide bonds. The summed E-state index contributed by atoms with van der Waals surface area (Å²) >= 11 is 12.2. The maximum absolute atomic E-state index is 12.4. The first kappa shape index (κ1) is 13.2. The number of benzene rings is 2. The van der Waals surface area contributed by atoms with E-state index in [1.54, 1.807) is 24.1 Å². The molecule has 2 aromatic rings. The van der Waals surface area contributed by atoms with Crippen molar-refractivity contribution in [3.05, 3.63) is 63.6 Å². The minimum Gasteiger partial charge on any atom is -0.309 e. The third-order valence-electron chi connectivity index (χ3n) is 3.30. The molecule has 0 fully saturated rings. The summed E-state index contributed by atoms with van der Waals surface area (Å²) in [6, 6.07) is 13.1. The van der Waals surface area contributed by atoms with E-state index in [1.165, 1.54) is 0 Å². The van der Waals surface area contributed by atoms with Crippen LogP contribution < -0.4 is 4.90 Å². The normalized spacial score (nSPS) is 15.8. The first-order valence-corrected chi connectivity index (χ1v) is 6.88. The zero-order chi connectivity index (χ0) is 14.3. The highest BCUT2D eigenvalue weighted by Crippen LogP contribution is 2.43. The predicted octanol–water partition coefficient (Wildman–Crippen LogP) is 4.51. The fraction of sp³-hybridized carbons (Fsp3) is 0.0625. The van der Waals surface area contributed by atoms with Crippen molar-refractivity contribution in [1.29, 1.82) is 0 Å². The van der Waals surface area contributed by atoms with Crippen LogP contribution in [0.25, 0.3) is 11.6 Å². The molecule has 0 aromatic heterocycles. The molecule has 2 nitrogen and oxygen atoms in total. The summed E-state index contributed by atoms with van der Waals surface area (Å²) in [6.07, 6.45) is 1.86. The SMILES string of the molecule is CN1C(=O)/C(=C/c2ccccc2)c2cc(Cl)cc(Cl)c21. The smallest absolute Gasteiger partial charge is 0.258 e. The van der Waals surface area contributed by atoms with Gasteiger partial charge in [-0.05, 0) is 23.8 Å². The number of carbonyl (C=O) groups excluding carboxylic acids is 1. The van der Waals surface area contributed by atoms with Gasteiger partial charge in [0.1, 0.15) is 0 Å². The van der Waals surface area contributed by atoms with Gasteiger partial charge in [-0.2, -0.15) is 0 Å². The molecule has 0 saturated heterocycles. The maximum Gasteiger partial charge on any atom is 0.258 e. The van der Waals surface area contributed by atoms with Gasteiger partial charge in [0.05, 0.1) is 10.7 Å². The van der Waals surface area contributed by atoms with E-state index < -0.39 is 0 Å². The van der Waals surface area contributed by atoms with Gasteiger partial charge in [0.15, 0.2) is 0 Å². The van der Waals surface area contributed by atoms with Crippen LogP contribution in [0, 0.1) is 0 Å². The lowest BCUT2D eigenvalue weighted by molar-refractivity contribution is -0.112. The van der Waals surface area contributed by atoms with Crippen molar-refractivity contribution in [1.82, 2.24) is 0 Å². The van der Waals surface area contributed by atoms with Crippen molar-refractivity contribution in [3.63, 3.8) is 0 Å². The van der Waals surface area contributed by atoms with Crippen molar-refractivity contribution in [2.24, 2.45) is 0 Å². The van der Waals surface area contributed by atoms with Crippen molar-refractivity contribution >= 4 is 46.4 Å². The molecule has 0 bridgehead atoms. The molecule has 20 heavy (non-hydrogen) atoms. The fourth-order valence-electron chi connectivity index (χ4n) is 2.37. The van der Waals surface area contributed by atoms with Crippen molar-refractivity contribution in [2.75, 3.05) is 11.9 Å². The van der Waals surface area contributed by atoms with Gasteiger partial charge >= 0.3 is 0 Å². The van der Waals surface area contributed by atoms with Gasteiger partial charge in [-0.25, -0.2) is 0 Å². The second-order valence-electron chi connectivity index (χ2n) is 4.62. The molecule has 1 aliphatic heterocycles. The molecule has 3 rings (SSSR count). The lowest BCUT2D eigenvalue weighted by Crippen LogP contribution is -2.20. The number of likely N-dealkylation sites (N-methyl/N-ethyl adjacent to an activating group) is 1. The van der Waals surface area contributed by atoms with Gasteiger partial charge in [-0.1, -0.05) is 53.5 Å². The number of anilines is 1. The first-order chi connectivity index (χ1) is 9.58. The zero-order valence-corrected chi connectivity index (χ0v) is 12.2. The van der Waals surface area contributed by atoms with Crippen molar-refractivity contribution in [2.45, 2.75) is 0 Å². The summed E-state index contributed by atoms with van der Waals surface area (Å²) < 4.78 is 0. The van der Waals surface area contributed by atoms with Gasteiger partial charge in [0, 0.05) is 23.2 Å². The summed E-state index contributed by atoms with van der Waals surface area (Å²) in [5, 5.41) is 1.01. The highest BCUT2D eigenvalue weighted by atomic mass is 35.5. The Balaban J connectivity index is 2.21. The third kappa shape index (κ3) is 2.11. The molecule has 0 atom stereocenters. The number of fused-ring (bicyclic) bond motifs is 1. The molecule has 0 radical (unpaired) electrons. The molecular weight excluding hydrogens is 293 g/mol. The van der Waals surface area contributed by atoms with Gasteiger partial charge in [0.2, 0.25) is 0 Å². The van der Waals surface area contributed by atoms with E-state index in [0.717, 1.165) is 11.1 Å². The predicted molar refractivity (Wildman–Crippen MR) is 84.2 cm³/mol. The second-order valence-corrected chi connectivity index (χ2v) is 5.46. The minimum absolute atomic E-state index is 0.0759. The largest absolute Gasteiger partial charge is 0.309 e. The van der Waals surface area contributed by atoms with Crippen LogP contribution in [-0.2, 0) is 4.79 Å². The van der Waals surface area contributed by atoms with Crippen LogP contribution in [0.2, 0.25) is 10.0 Å². The van der Waals surface area contributed by atoms with Crippen LogP contribution in [-0.4, -0.2) is 13.0 Å². The number of amides is 1. The molecule has 0 saturated carbocycles. The van der Waals surface area contributed by atoms with E-state index in [9.17, 15) is 4.79 Å². The van der Waals surface area contributed by atoms with E-state index in [0.29, 0.717) is 21.3 Å². The van der Waals surface area contributed by atoms with Crippen LogP contribution >= 0.6 is 23.2 Å². The number of hydrogen-bond donors (Lipinski definition) is 0. The van der Waals surface area contributed by atoms with Gasteiger partial charge < -0.3 is 4.90 Å². The van der Waals surface area contributed by atoms with Gasteiger partial charge in [-0.3, -0.25) is 4.79 Å². The Morgan fingerprint density at radius 3 is 2.50 bits per heavy atom. The molecule has 0 N–H and O–H groups in total. The number of carbonyl (C=O) groups is 1. The third-order valence-corrected chi connectivity index (χ3v) is 3.81. The zero-order valence-electron chi connectivity index (χ0n) is 10.7. The van der Waals surface area contributed by atoms with E-state index >= 15 is 0 Å². The Labute approximate surface area is 127 Å². The van der Waals surface area contributed by atoms with Crippen LogP contribution in [0.4, 0.5) is 5.69 Å². The van der Waals surface area contributed by atoms with Crippen LogP contribution in [0.5, 0.6) is 0 Å². The van der Waals surface area contributed by atoms with E-state index in [2.05, 4.69) is 0 Å². The molecule has 0 aliphatic carbocycles. The Hall–Kier alpha value is -1.77. The molecule has 100 valence electrons. The number of rotatable bonds is 1. The maximum atomic E-state index is 12.4. The Morgan fingerprint density at radius 1 is 1.10 bits per heavy atom. The second kappa shape index (κ2) is 4.97. The quantitative estimate of drug-likeness (QED) is 0.710. The molecular formula is C16H11Cl2NO. The average Bonchev–Trinajstić information content (AvgIpc) is 2.65. The van der Waals surface area contributed by atoms with Crippen molar-refractivity contribution in [3.8, 4) is 0 Å². The average molecular weight is 304 g/mol. The molecule has 2 aromatic carbocycles. The minimum atomic E-state index is -0.0759. The van der Waals surface area contributed by atoms with E-state index in [4.69, 9.17) is 23.2 Å². The fourth-order valence-corrected chi connectivity index (χ4v) is 2.99. The lowest BCUT2D eigenvalue weighted by Gasteiger charge is -2.10. The number of halogens is 2. The van der Waals surface area contributed by atoms with E-state index in [-0.39, 0.29) is 5.91 Å². The summed E-state index contributed by atoms with van der Waals surface area (Å²) in [7, 11) is 1.72. The van der Waals surface area contributed by atoms with E-state index in [1.807, 2.05) is 36.4 Å². The summed E-state index contributed by atoms with van der Waals surface area (Å²) in [4.78, 5) is 13.9. The Morgan fingerprint density at radius 2 is 1.80 bits per heavy atom. The topological polar surface area (TPSA) is 20.3 Å². The van der Waals surface area contributed by atoms with Crippen molar-refractivity contribution < 1.29 is 4.79 Å². The van der Waals surface area contributed by atoms with Crippen LogP contribution in [0.1, 0.15) is 11.1 Å². The monoisotopic (exact) mass is 303 g/mol. The Kier molecular flexibility index (Phi) is 3.28. The molecule has 4 heteroatoms. The number of hydrogen-bond acceptors (Lipinski definition) is 1. The lowest BCUT2D eigenvalue weighted by atomic mass is 10.0. The molecule has 1 aliphatic rings. The van der Waals surface area contributed by atoms with Crippen LogP contribution in [0.15, 0.2) is 42.5 Å². The molecule has 1 heterocycles. The summed E-state index contributed by atoms with van der Waals surface area (Å²) in [5.41, 5.74) is 3.06. The standard InChI is InChI=1S/C16H11Cl2NO/c1-19-15-12(8-11(17)9-14(15)18)13(16(19)20)7-10-5-3-2-4-6-10/h2-9H,1H3/b13-7+. The highest BCUT2D eigenvalue weighted by molar-refractivity contribution is 6.43. The number of nitrogens with zero attached hydrogens (tertiary/aromatic N) is 1. The summed E-state index contributed by atoms with van der Waals surface area (Å²) in [5.74, 6) is -0.0759.